The van der Waals surface area contributed by atoms with E-state index in [0.717, 1.165) is 10.9 Å². The van der Waals surface area contributed by atoms with E-state index in [1.165, 1.54) is 0 Å². The van der Waals surface area contributed by atoms with Crippen molar-refractivity contribution in [3.63, 3.8) is 0 Å². The number of nitrogens with one attached hydrogen (secondary N) is 4. The highest BCUT2D eigenvalue weighted by atomic mass is 16.4. The molecule has 0 saturated heterocycles. The van der Waals surface area contributed by atoms with E-state index in [9.17, 15) is 34.2 Å². The number of guanidine groups is 1. The van der Waals surface area contributed by atoms with Gasteiger partial charge in [-0.15, -0.1) is 0 Å². The number of nitrogens with zero attached hydrogens (tertiary/aromatic N) is 1. The van der Waals surface area contributed by atoms with E-state index in [1.54, 1.807) is 20.0 Å². The van der Waals surface area contributed by atoms with Gasteiger partial charge in [-0.05, 0) is 30.4 Å². The average molecular weight is 575 g/mol. The molecule has 0 aliphatic rings. The van der Waals surface area contributed by atoms with Crippen molar-refractivity contribution in [1.29, 1.82) is 0 Å². The van der Waals surface area contributed by atoms with Crippen molar-refractivity contribution < 1.29 is 34.2 Å². The third-order valence-electron chi connectivity index (χ3n) is 6.32. The number of para-hydroxylation sites is 1. The largest absolute Gasteiger partial charge is 0.481 e. The summed E-state index contributed by atoms with van der Waals surface area (Å²) in [5.74, 6) is -5.66. The number of aromatic amines is 1. The number of H-pyrrole nitrogens is 1. The number of benzene rings is 1. The number of fused-ring (bicyclic) bond motifs is 1. The van der Waals surface area contributed by atoms with Crippen molar-refractivity contribution in [1.82, 2.24) is 20.9 Å². The number of nitrogens with two attached hydrogens (primary N) is 3. The van der Waals surface area contributed by atoms with Crippen LogP contribution in [0.5, 0.6) is 0 Å². The molecule has 1 aromatic carbocycles. The highest BCUT2D eigenvalue weighted by Crippen LogP contribution is 2.19. The van der Waals surface area contributed by atoms with Gasteiger partial charge >= 0.3 is 11.9 Å². The second kappa shape index (κ2) is 15.2. The van der Waals surface area contributed by atoms with Crippen LogP contribution in [0.3, 0.4) is 0 Å². The molecule has 0 fully saturated rings. The Morgan fingerprint density at radius 3 is 2.15 bits per heavy atom. The fourth-order valence-electron chi connectivity index (χ4n) is 3.99. The number of aromatic nitrogens is 1. The number of carbonyl (C=O) groups excluding carboxylic acids is 3. The van der Waals surface area contributed by atoms with Crippen molar-refractivity contribution in [3.8, 4) is 0 Å². The lowest BCUT2D eigenvalue weighted by Crippen LogP contribution is -2.58. The van der Waals surface area contributed by atoms with Gasteiger partial charge in [-0.3, -0.25) is 24.2 Å². The first-order valence-electron chi connectivity index (χ1n) is 13.0. The predicted octanol–water partition coefficient (Wildman–Crippen LogP) is -1.24. The molecule has 0 aliphatic carbocycles. The van der Waals surface area contributed by atoms with Crippen LogP contribution in [0, 0.1) is 5.92 Å². The summed E-state index contributed by atoms with van der Waals surface area (Å²) in [7, 11) is 0. The molecule has 12 N–H and O–H groups in total. The molecule has 0 aliphatic heterocycles. The highest BCUT2D eigenvalue weighted by molar-refractivity contribution is 5.96. The maximum atomic E-state index is 13.4. The summed E-state index contributed by atoms with van der Waals surface area (Å²) in [6, 6.07) is 2.12. The third kappa shape index (κ3) is 10.1. The first-order chi connectivity index (χ1) is 19.3. The highest BCUT2D eigenvalue weighted by Gasteiger charge is 2.32. The van der Waals surface area contributed by atoms with Crippen molar-refractivity contribution in [2.45, 2.75) is 63.7 Å². The number of hydrogen-bond acceptors (Lipinski definition) is 7. The molecule has 224 valence electrons. The van der Waals surface area contributed by atoms with Crippen molar-refractivity contribution in [3.05, 3.63) is 36.0 Å². The predicted molar refractivity (Wildman–Crippen MR) is 150 cm³/mol. The van der Waals surface area contributed by atoms with Crippen LogP contribution in [0.15, 0.2) is 35.5 Å². The van der Waals surface area contributed by atoms with Crippen molar-refractivity contribution in [2.75, 3.05) is 6.54 Å². The molecular formula is C26H38N8O7. The molecule has 0 spiro atoms. The van der Waals surface area contributed by atoms with E-state index in [0.29, 0.717) is 5.56 Å². The zero-order valence-electron chi connectivity index (χ0n) is 22.9. The lowest BCUT2D eigenvalue weighted by atomic mass is 10.0. The smallest absolute Gasteiger partial charge is 0.326 e. The summed E-state index contributed by atoms with van der Waals surface area (Å²) < 4.78 is 0. The van der Waals surface area contributed by atoms with Gasteiger partial charge in [0.2, 0.25) is 17.7 Å². The molecule has 2 rings (SSSR count). The first-order valence-corrected chi connectivity index (χ1v) is 13.0. The summed E-state index contributed by atoms with van der Waals surface area (Å²) in [5.41, 5.74) is 18.0. The van der Waals surface area contributed by atoms with Gasteiger partial charge in [0.25, 0.3) is 0 Å². The van der Waals surface area contributed by atoms with Gasteiger partial charge in [-0.2, -0.15) is 0 Å². The van der Waals surface area contributed by atoms with Crippen LogP contribution in [-0.2, 0) is 30.4 Å². The average Bonchev–Trinajstić information content (AvgIpc) is 3.31. The Morgan fingerprint density at radius 1 is 0.927 bits per heavy atom. The van der Waals surface area contributed by atoms with Crippen LogP contribution in [0.1, 0.15) is 38.7 Å². The molecule has 4 atom stereocenters. The van der Waals surface area contributed by atoms with Crippen LogP contribution >= 0.6 is 0 Å². The minimum atomic E-state index is -1.64. The number of carboxylic acids is 2. The molecule has 4 unspecified atom stereocenters. The van der Waals surface area contributed by atoms with Gasteiger partial charge in [0.1, 0.15) is 18.1 Å². The molecule has 0 saturated carbocycles. The number of rotatable bonds is 16. The van der Waals surface area contributed by atoms with E-state index in [1.807, 2.05) is 24.3 Å². The molecule has 41 heavy (non-hydrogen) atoms. The number of carboxylic acid groups (broad SMARTS) is 2. The number of carbonyl (C=O) groups is 5. The standard InChI is InChI=1S/C26H38N8O7/c1-13(2)21(27)24(39)34-18(10-14-12-31-16-7-4-3-6-15(14)16)22(37)33-19(11-20(35)36)23(38)32-17(25(40)41)8-5-9-30-26(28)29/h3-4,6-7,12-13,17-19,21,31H,5,8-11,27H2,1-2H3,(H,32,38)(H,33,37)(H,34,39)(H,35,36)(H,40,41)(H4,28,29,30). The van der Waals surface area contributed by atoms with Gasteiger partial charge in [-0.1, -0.05) is 32.0 Å². The molecule has 0 radical (unpaired) electrons. The molecular weight excluding hydrogens is 536 g/mol. The molecule has 15 heteroatoms. The van der Waals surface area contributed by atoms with Gasteiger partial charge in [-0.25, -0.2) is 4.79 Å². The fourth-order valence-corrected chi connectivity index (χ4v) is 3.99. The van der Waals surface area contributed by atoms with Gasteiger partial charge < -0.3 is 48.3 Å². The van der Waals surface area contributed by atoms with Crippen LogP contribution in [0.2, 0.25) is 0 Å². The van der Waals surface area contributed by atoms with Gasteiger partial charge in [0.15, 0.2) is 5.96 Å². The second-order valence-electron chi connectivity index (χ2n) is 9.90. The monoisotopic (exact) mass is 574 g/mol. The van der Waals surface area contributed by atoms with E-state index < -0.39 is 60.2 Å². The number of aliphatic carboxylic acids is 2. The summed E-state index contributed by atoms with van der Waals surface area (Å²) in [4.78, 5) is 69.2. The van der Waals surface area contributed by atoms with E-state index in [4.69, 9.17) is 17.2 Å². The second-order valence-corrected chi connectivity index (χ2v) is 9.90. The van der Waals surface area contributed by atoms with Crippen LogP contribution < -0.4 is 33.2 Å². The summed E-state index contributed by atoms with van der Waals surface area (Å²) in [5, 5.41) is 26.9. The lowest BCUT2D eigenvalue weighted by Gasteiger charge is -2.25. The Morgan fingerprint density at radius 2 is 1.54 bits per heavy atom. The SMILES string of the molecule is CC(C)C(N)C(=O)NC(Cc1c[nH]c2ccccc12)C(=O)NC(CC(=O)O)C(=O)NC(CCCN=C(N)N)C(=O)O. The van der Waals surface area contributed by atoms with Crippen molar-refractivity contribution in [2.24, 2.45) is 28.1 Å². The Hall–Kier alpha value is -4.66. The van der Waals surface area contributed by atoms with E-state index >= 15 is 0 Å². The molecule has 0 bridgehead atoms. The van der Waals surface area contributed by atoms with Crippen LogP contribution in [0.25, 0.3) is 10.9 Å². The van der Waals surface area contributed by atoms with Crippen LogP contribution in [-0.4, -0.2) is 81.5 Å². The quantitative estimate of drug-likeness (QED) is 0.0653. The normalized spacial score (nSPS) is 14.0. The van der Waals surface area contributed by atoms with Gasteiger partial charge in [0, 0.05) is 30.1 Å². The maximum absolute atomic E-state index is 13.4. The molecule has 1 heterocycles. The first kappa shape index (κ1) is 32.6. The van der Waals surface area contributed by atoms with Crippen molar-refractivity contribution >= 4 is 46.5 Å². The topological polar surface area (TPSA) is 268 Å². The molecule has 2 aromatic rings. The minimum absolute atomic E-state index is 0.00362. The number of hydrogen-bond donors (Lipinski definition) is 9. The van der Waals surface area contributed by atoms with E-state index in [-0.39, 0.29) is 37.7 Å². The van der Waals surface area contributed by atoms with Gasteiger partial charge in [0.05, 0.1) is 12.5 Å². The number of amides is 3. The molecule has 15 nitrogen and oxygen atoms in total. The Labute approximate surface area is 236 Å². The zero-order valence-corrected chi connectivity index (χ0v) is 22.9. The Bertz CT molecular complexity index is 1270. The summed E-state index contributed by atoms with van der Waals surface area (Å²) in [6.07, 6.45) is 0.992. The van der Waals surface area contributed by atoms with Crippen LogP contribution in [0.4, 0.5) is 0 Å². The Kier molecular flexibility index (Phi) is 12.1. The van der Waals surface area contributed by atoms with E-state index in [2.05, 4.69) is 25.9 Å². The molecule has 1 aromatic heterocycles. The fraction of sp³-hybridized carbons (Fsp3) is 0.462. The minimum Gasteiger partial charge on any atom is -0.481 e. The summed E-state index contributed by atoms with van der Waals surface area (Å²) >= 11 is 0. The molecule has 3 amide bonds. The third-order valence-corrected chi connectivity index (χ3v) is 6.32. The zero-order chi connectivity index (χ0) is 30.7. The lowest BCUT2D eigenvalue weighted by molar-refractivity contribution is -0.143. The number of aliphatic imine (C=N–C) groups is 1. The Balaban J connectivity index is 2.26. The summed E-state index contributed by atoms with van der Waals surface area (Å²) in [6.45, 7) is 3.59. The maximum Gasteiger partial charge on any atom is 0.326 e.